The van der Waals surface area contributed by atoms with Gasteiger partial charge in [0.05, 0.1) is 18.7 Å². The summed E-state index contributed by atoms with van der Waals surface area (Å²) in [6.07, 6.45) is 0. The van der Waals surface area contributed by atoms with Crippen LogP contribution in [0.1, 0.15) is 24.2 Å². The maximum absolute atomic E-state index is 12.2. The summed E-state index contributed by atoms with van der Waals surface area (Å²) in [6, 6.07) is 6.29. The zero-order valence-corrected chi connectivity index (χ0v) is 10.7. The summed E-state index contributed by atoms with van der Waals surface area (Å²) in [5.41, 5.74) is 0.166. The van der Waals surface area contributed by atoms with Crippen LogP contribution in [0.4, 0.5) is 0 Å². The topological polar surface area (TPSA) is 73.6 Å². The second-order valence-corrected chi connectivity index (χ2v) is 4.07. The molecule has 0 unspecified atom stereocenters. The van der Waals surface area contributed by atoms with Gasteiger partial charge in [0.2, 0.25) is 0 Å². The Bertz CT molecular complexity index is 478. The van der Waals surface area contributed by atoms with E-state index in [4.69, 9.17) is 10.00 Å². The highest BCUT2D eigenvalue weighted by atomic mass is 16.5. The Kier molecular flexibility index (Phi) is 4.55. The first kappa shape index (κ1) is 13.8. The van der Waals surface area contributed by atoms with Crippen molar-refractivity contribution in [1.82, 2.24) is 4.90 Å². The fourth-order valence-corrected chi connectivity index (χ4v) is 1.54. The molecule has 0 aliphatic heterocycles. The first-order valence-electron chi connectivity index (χ1n) is 5.56. The Labute approximate surface area is 106 Å². The van der Waals surface area contributed by atoms with Gasteiger partial charge in [-0.3, -0.25) is 4.79 Å². The zero-order chi connectivity index (χ0) is 13.7. The maximum atomic E-state index is 12.2. The minimum absolute atomic E-state index is 0.0119. The quantitative estimate of drug-likeness (QED) is 0.824. The molecule has 1 rings (SSSR count). The summed E-state index contributed by atoms with van der Waals surface area (Å²) in [5, 5.41) is 18.5. The van der Waals surface area contributed by atoms with Gasteiger partial charge in [0.25, 0.3) is 5.91 Å². The molecule has 1 aromatic rings. The molecule has 1 aromatic carbocycles. The monoisotopic (exact) mass is 248 g/mol. The number of amides is 1. The van der Waals surface area contributed by atoms with E-state index in [1.807, 2.05) is 19.9 Å². The highest BCUT2D eigenvalue weighted by Crippen LogP contribution is 2.25. The van der Waals surface area contributed by atoms with Crippen molar-refractivity contribution in [3.8, 4) is 17.6 Å². The summed E-state index contributed by atoms with van der Waals surface area (Å²) in [7, 11) is 1.48. The van der Waals surface area contributed by atoms with Gasteiger partial charge in [0.1, 0.15) is 18.0 Å². The lowest BCUT2D eigenvalue weighted by molar-refractivity contribution is 0.0728. The van der Waals surface area contributed by atoms with Crippen molar-refractivity contribution >= 4 is 5.91 Å². The number of rotatable bonds is 4. The minimum atomic E-state index is -0.369. The van der Waals surface area contributed by atoms with E-state index in [9.17, 15) is 9.90 Å². The largest absolute Gasteiger partial charge is 0.507 e. The van der Waals surface area contributed by atoms with Gasteiger partial charge in [0, 0.05) is 12.1 Å². The molecule has 5 nitrogen and oxygen atoms in total. The van der Waals surface area contributed by atoms with Gasteiger partial charge in [-0.1, -0.05) is 0 Å². The Hall–Kier alpha value is -2.22. The van der Waals surface area contributed by atoms with Gasteiger partial charge in [-0.05, 0) is 26.0 Å². The van der Waals surface area contributed by atoms with Gasteiger partial charge >= 0.3 is 0 Å². The van der Waals surface area contributed by atoms with Crippen LogP contribution < -0.4 is 4.74 Å². The molecule has 0 heterocycles. The fourth-order valence-electron chi connectivity index (χ4n) is 1.54. The van der Waals surface area contributed by atoms with Crippen LogP contribution in [0, 0.1) is 11.3 Å². The Morgan fingerprint density at radius 1 is 1.56 bits per heavy atom. The molecule has 0 saturated carbocycles. The second-order valence-electron chi connectivity index (χ2n) is 4.07. The Morgan fingerprint density at radius 2 is 2.22 bits per heavy atom. The number of phenolic OH excluding ortho intramolecular Hbond substituents is 1. The molecule has 5 heteroatoms. The normalized spacial score (nSPS) is 9.94. The maximum Gasteiger partial charge on any atom is 0.258 e. The average Bonchev–Trinajstić information content (AvgIpc) is 2.34. The van der Waals surface area contributed by atoms with Crippen molar-refractivity contribution in [3.63, 3.8) is 0 Å². The molecule has 0 spiro atoms. The van der Waals surface area contributed by atoms with Crippen LogP contribution in [0.25, 0.3) is 0 Å². The third-order valence-electron chi connectivity index (χ3n) is 2.56. The van der Waals surface area contributed by atoms with Crippen molar-refractivity contribution in [1.29, 1.82) is 5.26 Å². The number of methoxy groups -OCH3 is 1. The van der Waals surface area contributed by atoms with E-state index in [1.165, 1.54) is 24.1 Å². The molecule has 0 radical (unpaired) electrons. The van der Waals surface area contributed by atoms with Crippen molar-refractivity contribution in [2.75, 3.05) is 13.7 Å². The number of nitrogens with zero attached hydrogens (tertiary/aromatic N) is 2. The number of aromatic hydroxyl groups is 1. The summed E-state index contributed by atoms with van der Waals surface area (Å²) >= 11 is 0. The molecule has 0 aliphatic carbocycles. The van der Waals surface area contributed by atoms with Crippen LogP contribution in [0.3, 0.4) is 0 Å². The molecule has 0 aromatic heterocycles. The lowest BCUT2D eigenvalue weighted by atomic mass is 10.1. The Morgan fingerprint density at radius 3 is 2.67 bits per heavy atom. The van der Waals surface area contributed by atoms with E-state index < -0.39 is 0 Å². The first-order valence-corrected chi connectivity index (χ1v) is 5.56. The Balaban J connectivity index is 3.06. The van der Waals surface area contributed by atoms with Crippen LogP contribution in [-0.2, 0) is 0 Å². The standard InChI is InChI=1S/C13H16N2O3/c1-9(2)15(7-6-14)13(17)11-5-4-10(18-3)8-12(11)16/h4-5,8-9,16H,7H2,1-3H3. The van der Waals surface area contributed by atoms with Gasteiger partial charge in [-0.15, -0.1) is 0 Å². The number of ether oxygens (including phenoxy) is 1. The summed E-state index contributed by atoms with van der Waals surface area (Å²) in [6.45, 7) is 3.62. The molecule has 0 atom stereocenters. The SMILES string of the molecule is COc1ccc(C(=O)N(CC#N)C(C)C)c(O)c1. The van der Waals surface area contributed by atoms with E-state index >= 15 is 0 Å². The van der Waals surface area contributed by atoms with E-state index in [1.54, 1.807) is 6.07 Å². The van der Waals surface area contributed by atoms with Crippen LogP contribution in [0.2, 0.25) is 0 Å². The van der Waals surface area contributed by atoms with Crippen LogP contribution in [0.5, 0.6) is 11.5 Å². The van der Waals surface area contributed by atoms with Gasteiger partial charge in [-0.25, -0.2) is 0 Å². The van der Waals surface area contributed by atoms with E-state index in [-0.39, 0.29) is 29.8 Å². The van der Waals surface area contributed by atoms with Crippen LogP contribution in [0.15, 0.2) is 18.2 Å². The lowest BCUT2D eigenvalue weighted by Crippen LogP contribution is -2.37. The van der Waals surface area contributed by atoms with Crippen molar-refractivity contribution in [3.05, 3.63) is 23.8 Å². The molecule has 0 saturated heterocycles. The van der Waals surface area contributed by atoms with Crippen molar-refractivity contribution in [2.24, 2.45) is 0 Å². The predicted molar refractivity (Wildman–Crippen MR) is 66.4 cm³/mol. The number of hydrogen-bond donors (Lipinski definition) is 1. The third-order valence-corrected chi connectivity index (χ3v) is 2.56. The van der Waals surface area contributed by atoms with E-state index in [0.717, 1.165) is 0 Å². The van der Waals surface area contributed by atoms with E-state index in [0.29, 0.717) is 5.75 Å². The predicted octanol–water partition coefficient (Wildman–Crippen LogP) is 1.77. The number of carbonyl (C=O) groups is 1. The molecule has 0 fully saturated rings. The summed E-state index contributed by atoms with van der Waals surface area (Å²) in [4.78, 5) is 13.6. The second kappa shape index (κ2) is 5.92. The molecule has 0 bridgehead atoms. The lowest BCUT2D eigenvalue weighted by Gasteiger charge is -2.24. The number of hydrogen-bond acceptors (Lipinski definition) is 4. The number of nitriles is 1. The highest BCUT2D eigenvalue weighted by molar-refractivity contribution is 5.97. The van der Waals surface area contributed by atoms with Crippen LogP contribution >= 0.6 is 0 Å². The molecule has 0 aliphatic rings. The molecular weight excluding hydrogens is 232 g/mol. The molecular formula is C13H16N2O3. The smallest absolute Gasteiger partial charge is 0.258 e. The van der Waals surface area contributed by atoms with Crippen LogP contribution in [-0.4, -0.2) is 35.6 Å². The molecule has 1 amide bonds. The van der Waals surface area contributed by atoms with E-state index in [2.05, 4.69) is 0 Å². The number of phenols is 1. The number of benzene rings is 1. The highest BCUT2D eigenvalue weighted by Gasteiger charge is 2.21. The van der Waals surface area contributed by atoms with Gasteiger partial charge in [-0.2, -0.15) is 5.26 Å². The third kappa shape index (κ3) is 2.92. The summed E-state index contributed by atoms with van der Waals surface area (Å²) < 4.78 is 4.95. The molecule has 96 valence electrons. The number of carbonyl (C=O) groups excluding carboxylic acids is 1. The van der Waals surface area contributed by atoms with Crippen molar-refractivity contribution in [2.45, 2.75) is 19.9 Å². The van der Waals surface area contributed by atoms with Gasteiger partial charge < -0.3 is 14.7 Å². The molecule has 1 N–H and O–H groups in total. The average molecular weight is 248 g/mol. The summed E-state index contributed by atoms with van der Waals surface area (Å²) in [5.74, 6) is -0.0462. The first-order chi connectivity index (χ1) is 8.51. The minimum Gasteiger partial charge on any atom is -0.507 e. The molecule has 18 heavy (non-hydrogen) atoms. The van der Waals surface area contributed by atoms with Crippen molar-refractivity contribution < 1.29 is 14.6 Å². The zero-order valence-electron chi connectivity index (χ0n) is 10.7. The fraction of sp³-hybridized carbons (Fsp3) is 0.385. The van der Waals surface area contributed by atoms with Gasteiger partial charge in [0.15, 0.2) is 0 Å².